The standard InChI is InChI=1S/C16H26N2/c1-7-18(13(2)3)15(16(4,5)6)17-14-11-9-8-10-12-14/h8-13H,7H2,1-6H3. The number of hydrogen-bond acceptors (Lipinski definition) is 1. The average molecular weight is 246 g/mol. The second-order valence-electron chi connectivity index (χ2n) is 5.90. The Balaban J connectivity index is 3.18. The molecule has 0 aliphatic rings. The van der Waals surface area contributed by atoms with E-state index in [0.29, 0.717) is 6.04 Å². The molecule has 0 aliphatic heterocycles. The van der Waals surface area contributed by atoms with Gasteiger partial charge in [0.2, 0.25) is 0 Å². The van der Waals surface area contributed by atoms with Crippen LogP contribution in [-0.4, -0.2) is 23.3 Å². The third kappa shape index (κ3) is 3.86. The van der Waals surface area contributed by atoms with Crippen LogP contribution < -0.4 is 0 Å². The summed E-state index contributed by atoms with van der Waals surface area (Å²) in [4.78, 5) is 7.23. The van der Waals surface area contributed by atoms with E-state index in [2.05, 4.69) is 58.6 Å². The molecule has 0 radical (unpaired) electrons. The predicted octanol–water partition coefficient (Wildman–Crippen LogP) is 4.49. The second-order valence-corrected chi connectivity index (χ2v) is 5.90. The summed E-state index contributed by atoms with van der Waals surface area (Å²) in [5.74, 6) is 1.16. The van der Waals surface area contributed by atoms with Crippen molar-refractivity contribution in [1.29, 1.82) is 0 Å². The molecule has 0 saturated heterocycles. The van der Waals surface area contributed by atoms with E-state index >= 15 is 0 Å². The van der Waals surface area contributed by atoms with Gasteiger partial charge in [-0.3, -0.25) is 0 Å². The molecule has 2 nitrogen and oxygen atoms in total. The van der Waals surface area contributed by atoms with Crippen LogP contribution in [0.2, 0.25) is 0 Å². The van der Waals surface area contributed by atoms with Crippen LogP contribution in [0, 0.1) is 5.41 Å². The van der Waals surface area contributed by atoms with E-state index in [-0.39, 0.29) is 5.41 Å². The smallest absolute Gasteiger partial charge is 0.110 e. The highest BCUT2D eigenvalue weighted by Gasteiger charge is 2.25. The zero-order valence-electron chi connectivity index (χ0n) is 12.6. The SMILES string of the molecule is CCN(C(=Nc1ccccc1)C(C)(C)C)C(C)C. The summed E-state index contributed by atoms with van der Waals surface area (Å²) in [5, 5.41) is 0. The van der Waals surface area contributed by atoms with Crippen molar-refractivity contribution in [3.8, 4) is 0 Å². The molecular formula is C16H26N2. The van der Waals surface area contributed by atoms with E-state index in [9.17, 15) is 0 Å². The highest BCUT2D eigenvalue weighted by Crippen LogP contribution is 2.24. The van der Waals surface area contributed by atoms with Gasteiger partial charge in [0.25, 0.3) is 0 Å². The monoisotopic (exact) mass is 246 g/mol. The Kier molecular flexibility index (Phi) is 4.94. The van der Waals surface area contributed by atoms with Crippen molar-refractivity contribution in [3.63, 3.8) is 0 Å². The van der Waals surface area contributed by atoms with Gasteiger partial charge in [-0.1, -0.05) is 39.0 Å². The first kappa shape index (κ1) is 14.7. The zero-order valence-corrected chi connectivity index (χ0v) is 12.6. The van der Waals surface area contributed by atoms with Crippen molar-refractivity contribution in [2.45, 2.75) is 47.6 Å². The summed E-state index contributed by atoms with van der Waals surface area (Å²) < 4.78 is 0. The molecule has 0 atom stereocenters. The maximum absolute atomic E-state index is 4.86. The lowest BCUT2D eigenvalue weighted by Gasteiger charge is -2.36. The number of amidine groups is 1. The molecule has 1 aromatic rings. The molecular weight excluding hydrogens is 220 g/mol. The number of nitrogens with zero attached hydrogens (tertiary/aromatic N) is 2. The van der Waals surface area contributed by atoms with Crippen molar-refractivity contribution in [1.82, 2.24) is 4.90 Å². The minimum Gasteiger partial charge on any atom is -0.357 e. The Morgan fingerprint density at radius 1 is 1.17 bits per heavy atom. The van der Waals surface area contributed by atoms with Crippen LogP contribution in [0.4, 0.5) is 5.69 Å². The average Bonchev–Trinajstić information content (AvgIpc) is 2.28. The van der Waals surface area contributed by atoms with Crippen LogP contribution in [0.15, 0.2) is 35.3 Å². The summed E-state index contributed by atoms with van der Waals surface area (Å²) in [5.41, 5.74) is 1.08. The number of benzene rings is 1. The first-order valence-electron chi connectivity index (χ1n) is 6.77. The van der Waals surface area contributed by atoms with Crippen LogP contribution in [-0.2, 0) is 0 Å². The zero-order chi connectivity index (χ0) is 13.8. The van der Waals surface area contributed by atoms with Crippen molar-refractivity contribution >= 4 is 11.5 Å². The Morgan fingerprint density at radius 3 is 2.11 bits per heavy atom. The van der Waals surface area contributed by atoms with Gasteiger partial charge < -0.3 is 4.90 Å². The van der Waals surface area contributed by atoms with Crippen molar-refractivity contribution < 1.29 is 0 Å². The molecule has 1 aromatic carbocycles. The Morgan fingerprint density at radius 2 is 1.72 bits per heavy atom. The van der Waals surface area contributed by atoms with Crippen LogP contribution >= 0.6 is 0 Å². The lowest BCUT2D eigenvalue weighted by Crippen LogP contribution is -2.43. The highest BCUT2D eigenvalue weighted by atomic mass is 15.2. The van der Waals surface area contributed by atoms with E-state index in [1.54, 1.807) is 0 Å². The molecule has 18 heavy (non-hydrogen) atoms. The fraction of sp³-hybridized carbons (Fsp3) is 0.562. The maximum Gasteiger partial charge on any atom is 0.110 e. The van der Waals surface area contributed by atoms with Crippen LogP contribution in [0.5, 0.6) is 0 Å². The van der Waals surface area contributed by atoms with Gasteiger partial charge in [0, 0.05) is 18.0 Å². The fourth-order valence-corrected chi connectivity index (χ4v) is 2.05. The van der Waals surface area contributed by atoms with Crippen LogP contribution in [0.3, 0.4) is 0 Å². The lowest BCUT2D eigenvalue weighted by atomic mass is 9.93. The summed E-state index contributed by atoms with van der Waals surface area (Å²) in [7, 11) is 0. The molecule has 0 bridgehead atoms. The van der Waals surface area contributed by atoms with Gasteiger partial charge in [0.15, 0.2) is 0 Å². The summed E-state index contributed by atoms with van der Waals surface area (Å²) in [6.07, 6.45) is 0. The van der Waals surface area contributed by atoms with Gasteiger partial charge in [-0.15, -0.1) is 0 Å². The minimum absolute atomic E-state index is 0.0517. The molecule has 0 unspecified atom stereocenters. The Bertz CT molecular complexity index is 385. The third-order valence-electron chi connectivity index (χ3n) is 2.90. The van der Waals surface area contributed by atoms with Gasteiger partial charge in [0.1, 0.15) is 5.84 Å². The van der Waals surface area contributed by atoms with Gasteiger partial charge in [-0.2, -0.15) is 0 Å². The predicted molar refractivity (Wildman–Crippen MR) is 80.5 cm³/mol. The molecule has 0 heterocycles. The number of hydrogen-bond donors (Lipinski definition) is 0. The van der Waals surface area contributed by atoms with Crippen molar-refractivity contribution in [3.05, 3.63) is 30.3 Å². The largest absolute Gasteiger partial charge is 0.357 e. The second kappa shape index (κ2) is 6.03. The molecule has 1 rings (SSSR count). The molecule has 0 spiro atoms. The van der Waals surface area contributed by atoms with Gasteiger partial charge in [-0.25, -0.2) is 4.99 Å². The summed E-state index contributed by atoms with van der Waals surface area (Å²) in [6.45, 7) is 14.3. The van der Waals surface area contributed by atoms with E-state index in [1.807, 2.05) is 18.2 Å². The normalized spacial score (nSPS) is 12.9. The van der Waals surface area contributed by atoms with Crippen molar-refractivity contribution in [2.24, 2.45) is 10.4 Å². The van der Waals surface area contributed by atoms with E-state index in [4.69, 9.17) is 4.99 Å². The molecule has 0 aromatic heterocycles. The first-order valence-corrected chi connectivity index (χ1v) is 6.77. The van der Waals surface area contributed by atoms with E-state index in [0.717, 1.165) is 18.1 Å². The van der Waals surface area contributed by atoms with E-state index in [1.165, 1.54) is 0 Å². The molecule has 0 aliphatic carbocycles. The van der Waals surface area contributed by atoms with Crippen molar-refractivity contribution in [2.75, 3.05) is 6.54 Å². The highest BCUT2D eigenvalue weighted by molar-refractivity contribution is 5.89. The van der Waals surface area contributed by atoms with Gasteiger partial charge in [0.05, 0.1) is 5.69 Å². The summed E-state index contributed by atoms with van der Waals surface area (Å²) in [6, 6.07) is 10.7. The minimum atomic E-state index is 0.0517. The molecule has 0 fully saturated rings. The molecule has 0 saturated carbocycles. The topological polar surface area (TPSA) is 15.6 Å². The summed E-state index contributed by atoms with van der Waals surface area (Å²) >= 11 is 0. The number of aliphatic imine (C=N–C) groups is 1. The number of rotatable bonds is 3. The molecule has 0 N–H and O–H groups in total. The first-order chi connectivity index (χ1) is 8.36. The maximum atomic E-state index is 4.86. The lowest BCUT2D eigenvalue weighted by molar-refractivity contribution is 0.328. The Labute approximate surface area is 112 Å². The molecule has 0 amide bonds. The molecule has 2 heteroatoms. The van der Waals surface area contributed by atoms with Crippen LogP contribution in [0.1, 0.15) is 41.5 Å². The van der Waals surface area contributed by atoms with Gasteiger partial charge >= 0.3 is 0 Å². The quantitative estimate of drug-likeness (QED) is 0.566. The third-order valence-corrected chi connectivity index (χ3v) is 2.90. The molecule has 100 valence electrons. The Hall–Kier alpha value is -1.31. The fourth-order valence-electron chi connectivity index (χ4n) is 2.05. The van der Waals surface area contributed by atoms with Crippen LogP contribution in [0.25, 0.3) is 0 Å². The number of para-hydroxylation sites is 1. The van der Waals surface area contributed by atoms with E-state index < -0.39 is 0 Å². The van der Waals surface area contributed by atoms with Gasteiger partial charge in [-0.05, 0) is 32.9 Å².